The van der Waals surface area contributed by atoms with Crippen molar-refractivity contribution >= 4 is 44.4 Å². The number of hydrogen-bond donors (Lipinski definition) is 0. The van der Waals surface area contributed by atoms with Crippen LogP contribution in [0.1, 0.15) is 5.76 Å². The first-order chi connectivity index (χ1) is 13.2. The number of aromatic nitrogens is 1. The average molecular weight is 398 g/mol. The summed E-state index contributed by atoms with van der Waals surface area (Å²) in [6, 6.07) is 17.5. The summed E-state index contributed by atoms with van der Waals surface area (Å²) in [5, 5.41) is 0.636. The first-order valence-electron chi connectivity index (χ1n) is 8.26. The van der Waals surface area contributed by atoms with E-state index in [-0.39, 0.29) is 17.5 Å². The third-order valence-corrected chi connectivity index (χ3v) is 5.94. The van der Waals surface area contributed by atoms with Gasteiger partial charge in [0.05, 0.1) is 28.8 Å². The lowest BCUT2D eigenvalue weighted by Crippen LogP contribution is -2.31. The lowest BCUT2D eigenvalue weighted by atomic mass is 10.3. The summed E-state index contributed by atoms with van der Waals surface area (Å²) < 4.78 is 19.5. The summed E-state index contributed by atoms with van der Waals surface area (Å²) in [4.78, 5) is 20.0. The molecule has 0 fully saturated rings. The Balaban J connectivity index is 1.56. The van der Waals surface area contributed by atoms with Gasteiger partial charge in [0, 0.05) is 4.90 Å². The second kappa shape index (κ2) is 7.94. The number of rotatable bonds is 6. The fourth-order valence-corrected chi connectivity index (χ4v) is 4.31. The lowest BCUT2D eigenvalue weighted by molar-refractivity contribution is -0.116. The molecule has 0 spiro atoms. The zero-order chi connectivity index (χ0) is 18.6. The van der Waals surface area contributed by atoms with Crippen LogP contribution >= 0.6 is 23.1 Å². The highest BCUT2D eigenvalue weighted by molar-refractivity contribution is 8.00. The van der Waals surface area contributed by atoms with Gasteiger partial charge in [-0.1, -0.05) is 23.5 Å². The number of anilines is 1. The molecule has 0 atom stereocenters. The molecule has 4 aromatic rings. The van der Waals surface area contributed by atoms with Crippen LogP contribution in [-0.4, -0.2) is 16.6 Å². The van der Waals surface area contributed by atoms with E-state index in [1.165, 1.54) is 35.2 Å². The van der Waals surface area contributed by atoms with Gasteiger partial charge in [0.25, 0.3) is 0 Å². The fraction of sp³-hybridized carbons (Fsp3) is 0.100. The number of hydrogen-bond acceptors (Lipinski definition) is 5. The Kier molecular flexibility index (Phi) is 5.22. The fourth-order valence-electron chi connectivity index (χ4n) is 2.55. The molecule has 0 saturated heterocycles. The smallest absolute Gasteiger partial charge is 0.239 e. The predicted octanol–water partition coefficient (Wildman–Crippen LogP) is 5.35. The molecule has 7 heteroatoms. The van der Waals surface area contributed by atoms with E-state index in [2.05, 4.69) is 4.98 Å². The van der Waals surface area contributed by atoms with Gasteiger partial charge in [0.1, 0.15) is 11.6 Å². The molecule has 0 aliphatic carbocycles. The van der Waals surface area contributed by atoms with Crippen LogP contribution in [0.15, 0.2) is 76.2 Å². The van der Waals surface area contributed by atoms with Gasteiger partial charge in [-0.2, -0.15) is 0 Å². The summed E-state index contributed by atoms with van der Waals surface area (Å²) in [6.45, 7) is 0.315. The summed E-state index contributed by atoms with van der Waals surface area (Å²) in [7, 11) is 0. The van der Waals surface area contributed by atoms with Crippen molar-refractivity contribution in [2.45, 2.75) is 11.4 Å². The molecule has 2 heterocycles. The van der Waals surface area contributed by atoms with E-state index in [0.717, 1.165) is 15.1 Å². The Morgan fingerprint density at radius 3 is 2.67 bits per heavy atom. The maximum atomic E-state index is 13.0. The molecule has 4 rings (SSSR count). The van der Waals surface area contributed by atoms with Crippen molar-refractivity contribution in [2.75, 3.05) is 10.7 Å². The molecule has 0 N–H and O–H groups in total. The van der Waals surface area contributed by atoms with E-state index in [0.29, 0.717) is 17.4 Å². The molecule has 0 unspecified atom stereocenters. The quantitative estimate of drug-likeness (QED) is 0.411. The van der Waals surface area contributed by atoms with E-state index < -0.39 is 0 Å². The molecular formula is C20H15FN2O2S2. The molecular weight excluding hydrogens is 383 g/mol. The molecule has 1 amide bonds. The third-order valence-electron chi connectivity index (χ3n) is 3.88. The highest BCUT2D eigenvalue weighted by Crippen LogP contribution is 2.30. The largest absolute Gasteiger partial charge is 0.467 e. The summed E-state index contributed by atoms with van der Waals surface area (Å²) in [5.41, 5.74) is 0.862. The minimum absolute atomic E-state index is 0.0835. The number of benzene rings is 2. The highest BCUT2D eigenvalue weighted by Gasteiger charge is 2.21. The van der Waals surface area contributed by atoms with E-state index in [4.69, 9.17) is 4.42 Å². The number of nitrogens with zero attached hydrogens (tertiary/aromatic N) is 2. The average Bonchev–Trinajstić information content (AvgIpc) is 3.34. The third kappa shape index (κ3) is 4.20. The summed E-state index contributed by atoms with van der Waals surface area (Å²) in [6.07, 6.45) is 1.59. The van der Waals surface area contributed by atoms with Gasteiger partial charge >= 0.3 is 0 Å². The second-order valence-electron chi connectivity index (χ2n) is 5.77. The molecule has 0 saturated carbocycles. The molecule has 0 aliphatic heterocycles. The number of fused-ring (bicyclic) bond motifs is 1. The zero-order valence-electron chi connectivity index (χ0n) is 14.2. The van der Waals surface area contributed by atoms with Crippen LogP contribution in [0.2, 0.25) is 0 Å². The summed E-state index contributed by atoms with van der Waals surface area (Å²) >= 11 is 2.84. The molecule has 0 radical (unpaired) electrons. The van der Waals surface area contributed by atoms with Gasteiger partial charge in [-0.15, -0.1) is 11.8 Å². The number of para-hydroxylation sites is 1. The van der Waals surface area contributed by atoms with Crippen LogP contribution in [0.3, 0.4) is 0 Å². The molecule has 0 aliphatic rings. The SMILES string of the molecule is O=C(CSc1ccc(F)cc1)N(Cc1ccco1)c1nc2ccccc2s1. The van der Waals surface area contributed by atoms with Gasteiger partial charge < -0.3 is 4.42 Å². The second-order valence-corrected chi connectivity index (χ2v) is 7.82. The van der Waals surface area contributed by atoms with Crippen LogP contribution in [0.25, 0.3) is 10.2 Å². The van der Waals surface area contributed by atoms with Gasteiger partial charge in [0.2, 0.25) is 5.91 Å². The van der Waals surface area contributed by atoms with Gasteiger partial charge in [-0.25, -0.2) is 9.37 Å². The first-order valence-corrected chi connectivity index (χ1v) is 10.1. The number of carbonyl (C=O) groups is 1. The maximum absolute atomic E-state index is 13.0. The van der Waals surface area contributed by atoms with Crippen molar-refractivity contribution < 1.29 is 13.6 Å². The van der Waals surface area contributed by atoms with Crippen LogP contribution in [0, 0.1) is 5.82 Å². The molecule has 4 nitrogen and oxygen atoms in total. The van der Waals surface area contributed by atoms with Gasteiger partial charge in [-0.3, -0.25) is 9.69 Å². The van der Waals surface area contributed by atoms with Crippen molar-refractivity contribution in [3.8, 4) is 0 Å². The molecule has 0 bridgehead atoms. The Hall–Kier alpha value is -2.64. The monoisotopic (exact) mass is 398 g/mol. The number of halogens is 1. The van der Waals surface area contributed by atoms with Crippen LogP contribution in [0.4, 0.5) is 9.52 Å². The number of carbonyl (C=O) groups excluding carboxylic acids is 1. The number of furan rings is 1. The number of thioether (sulfide) groups is 1. The van der Waals surface area contributed by atoms with Crippen LogP contribution in [0.5, 0.6) is 0 Å². The molecule has 27 heavy (non-hydrogen) atoms. The lowest BCUT2D eigenvalue weighted by Gasteiger charge is -2.18. The van der Waals surface area contributed by atoms with Crippen molar-refractivity contribution in [2.24, 2.45) is 0 Å². The minimum atomic E-state index is -0.292. The molecule has 2 aromatic carbocycles. The first kappa shape index (κ1) is 17.8. The molecule has 136 valence electrons. The van der Waals surface area contributed by atoms with E-state index >= 15 is 0 Å². The number of thiazole rings is 1. The normalized spacial score (nSPS) is 11.0. The van der Waals surface area contributed by atoms with Crippen molar-refractivity contribution in [3.63, 3.8) is 0 Å². The maximum Gasteiger partial charge on any atom is 0.239 e. The predicted molar refractivity (Wildman–Crippen MR) is 107 cm³/mol. The summed E-state index contributed by atoms with van der Waals surface area (Å²) in [5.74, 6) is 0.538. The van der Waals surface area contributed by atoms with E-state index in [1.54, 1.807) is 29.4 Å². The van der Waals surface area contributed by atoms with E-state index in [9.17, 15) is 9.18 Å². The van der Waals surface area contributed by atoms with Crippen LogP contribution in [-0.2, 0) is 11.3 Å². The zero-order valence-corrected chi connectivity index (χ0v) is 15.8. The van der Waals surface area contributed by atoms with Gasteiger partial charge in [0.15, 0.2) is 5.13 Å². The van der Waals surface area contributed by atoms with E-state index in [1.807, 2.05) is 30.3 Å². The molecule has 2 aromatic heterocycles. The van der Waals surface area contributed by atoms with Crippen molar-refractivity contribution in [1.29, 1.82) is 0 Å². The topological polar surface area (TPSA) is 46.3 Å². The van der Waals surface area contributed by atoms with Crippen molar-refractivity contribution in [3.05, 3.63) is 78.5 Å². The van der Waals surface area contributed by atoms with Crippen molar-refractivity contribution in [1.82, 2.24) is 4.98 Å². The standard InChI is InChI=1S/C20H15FN2O2S2/c21-14-7-9-16(10-8-14)26-13-19(24)23(12-15-4-3-11-25-15)20-22-17-5-1-2-6-18(17)27-20/h1-11H,12-13H2. The highest BCUT2D eigenvalue weighted by atomic mass is 32.2. The van der Waals surface area contributed by atoms with Crippen LogP contribution < -0.4 is 4.90 Å². The minimum Gasteiger partial charge on any atom is -0.467 e. The Bertz CT molecular complexity index is 1010. The Labute approximate surface area is 163 Å². The number of amides is 1. The Morgan fingerprint density at radius 2 is 1.93 bits per heavy atom. The Morgan fingerprint density at radius 1 is 1.11 bits per heavy atom. The van der Waals surface area contributed by atoms with Gasteiger partial charge in [-0.05, 0) is 48.5 Å².